The Balaban J connectivity index is 0.00000243. The highest BCUT2D eigenvalue weighted by Crippen LogP contribution is 2.23. The van der Waals surface area contributed by atoms with Crippen LogP contribution in [0.15, 0.2) is 29.2 Å². The molecule has 0 radical (unpaired) electrons. The highest BCUT2D eigenvalue weighted by atomic mass is 35.5. The first-order valence-electron chi connectivity index (χ1n) is 9.06. The van der Waals surface area contributed by atoms with Crippen LogP contribution in [0.1, 0.15) is 36.0 Å². The monoisotopic (exact) mass is 401 g/mol. The van der Waals surface area contributed by atoms with Crippen molar-refractivity contribution in [3.05, 3.63) is 29.8 Å². The summed E-state index contributed by atoms with van der Waals surface area (Å²) in [6.07, 6.45) is 3.86. The number of nitrogens with one attached hydrogen (secondary N) is 1. The van der Waals surface area contributed by atoms with Gasteiger partial charge in [0, 0.05) is 31.7 Å². The summed E-state index contributed by atoms with van der Waals surface area (Å²) in [6.45, 7) is 3.49. The molecular formula is C18H28ClN3O3S. The lowest BCUT2D eigenvalue weighted by Crippen LogP contribution is -2.36. The highest BCUT2D eigenvalue weighted by Gasteiger charge is 2.29. The van der Waals surface area contributed by atoms with Crippen LogP contribution >= 0.6 is 12.4 Å². The molecule has 0 spiro atoms. The molecule has 1 aromatic rings. The van der Waals surface area contributed by atoms with E-state index in [-0.39, 0.29) is 23.2 Å². The van der Waals surface area contributed by atoms with Gasteiger partial charge in [-0.3, -0.25) is 4.79 Å². The Labute approximate surface area is 162 Å². The maximum Gasteiger partial charge on any atom is 0.253 e. The zero-order valence-corrected chi connectivity index (χ0v) is 16.8. The number of likely N-dealkylation sites (tertiary alicyclic amines) is 1. The van der Waals surface area contributed by atoms with Crippen LogP contribution in [0.5, 0.6) is 0 Å². The molecule has 3 rings (SSSR count). The van der Waals surface area contributed by atoms with E-state index in [4.69, 9.17) is 0 Å². The van der Waals surface area contributed by atoms with E-state index in [2.05, 4.69) is 5.32 Å². The Kier molecular flexibility index (Phi) is 7.46. The minimum absolute atomic E-state index is 0. The van der Waals surface area contributed by atoms with Gasteiger partial charge in [-0.25, -0.2) is 8.42 Å². The number of amides is 1. The Morgan fingerprint density at radius 2 is 1.92 bits per heavy atom. The summed E-state index contributed by atoms with van der Waals surface area (Å²) in [7, 11) is -1.59. The third-order valence-electron chi connectivity index (χ3n) is 5.10. The van der Waals surface area contributed by atoms with E-state index in [1.165, 1.54) is 6.07 Å². The normalized spacial score (nSPS) is 21.4. The summed E-state index contributed by atoms with van der Waals surface area (Å²) in [5.41, 5.74) is 0.461. The molecule has 1 aromatic carbocycles. The maximum absolute atomic E-state index is 12.8. The van der Waals surface area contributed by atoms with Crippen LogP contribution < -0.4 is 5.32 Å². The van der Waals surface area contributed by atoms with Crippen molar-refractivity contribution in [2.75, 3.05) is 39.8 Å². The third-order valence-corrected chi connectivity index (χ3v) is 6.99. The number of hydrogen-bond donors (Lipinski definition) is 1. The SMILES string of the molecule is CNCC1CCN(C(=O)c2cccc(S(=O)(=O)N3CCCCC3)c2)C1.Cl. The number of nitrogens with zero attached hydrogens (tertiary/aromatic N) is 2. The fourth-order valence-electron chi connectivity index (χ4n) is 3.70. The number of rotatable bonds is 5. The van der Waals surface area contributed by atoms with E-state index in [1.54, 1.807) is 22.5 Å². The van der Waals surface area contributed by atoms with Crippen LogP contribution in [-0.2, 0) is 10.0 Å². The molecule has 0 aromatic heterocycles. The molecule has 2 saturated heterocycles. The quantitative estimate of drug-likeness (QED) is 0.818. The smallest absolute Gasteiger partial charge is 0.253 e. The van der Waals surface area contributed by atoms with Crippen LogP contribution in [-0.4, -0.2) is 63.3 Å². The van der Waals surface area contributed by atoms with Gasteiger partial charge in [0.15, 0.2) is 0 Å². The number of sulfonamides is 1. The Morgan fingerprint density at radius 3 is 2.62 bits per heavy atom. The van der Waals surface area contributed by atoms with Gasteiger partial charge in [-0.15, -0.1) is 12.4 Å². The van der Waals surface area contributed by atoms with Gasteiger partial charge in [0.05, 0.1) is 4.90 Å². The van der Waals surface area contributed by atoms with Crippen molar-refractivity contribution in [3.63, 3.8) is 0 Å². The Bertz CT molecular complexity index is 720. The van der Waals surface area contributed by atoms with Crippen molar-refractivity contribution in [2.45, 2.75) is 30.6 Å². The first kappa shape index (κ1) is 21.2. The minimum atomic E-state index is -3.51. The predicted octanol–water partition coefficient (Wildman–Crippen LogP) is 1.96. The summed E-state index contributed by atoms with van der Waals surface area (Å²) in [4.78, 5) is 14.8. The molecule has 26 heavy (non-hydrogen) atoms. The summed E-state index contributed by atoms with van der Waals surface area (Å²) < 4.78 is 27.2. The number of carbonyl (C=O) groups excluding carboxylic acids is 1. The molecule has 1 N–H and O–H groups in total. The fraction of sp³-hybridized carbons (Fsp3) is 0.611. The molecular weight excluding hydrogens is 374 g/mol. The van der Waals surface area contributed by atoms with Gasteiger partial charge < -0.3 is 10.2 Å². The van der Waals surface area contributed by atoms with Gasteiger partial charge in [0.25, 0.3) is 5.91 Å². The molecule has 0 saturated carbocycles. The highest BCUT2D eigenvalue weighted by molar-refractivity contribution is 7.89. The molecule has 1 atom stereocenters. The van der Waals surface area contributed by atoms with Crippen molar-refractivity contribution < 1.29 is 13.2 Å². The maximum atomic E-state index is 12.8. The van der Waals surface area contributed by atoms with Crippen molar-refractivity contribution in [2.24, 2.45) is 5.92 Å². The van der Waals surface area contributed by atoms with Gasteiger partial charge in [-0.1, -0.05) is 12.5 Å². The number of benzene rings is 1. The lowest BCUT2D eigenvalue weighted by atomic mass is 10.1. The third kappa shape index (κ3) is 4.57. The fourth-order valence-corrected chi connectivity index (χ4v) is 5.26. The van der Waals surface area contributed by atoms with Crippen LogP contribution in [0.3, 0.4) is 0 Å². The molecule has 0 aliphatic carbocycles. The van der Waals surface area contributed by atoms with Crippen LogP contribution in [0, 0.1) is 5.92 Å². The summed E-state index contributed by atoms with van der Waals surface area (Å²) in [6, 6.07) is 6.51. The molecule has 2 aliphatic heterocycles. The van der Waals surface area contributed by atoms with E-state index in [0.29, 0.717) is 24.6 Å². The van der Waals surface area contributed by atoms with Gasteiger partial charge in [-0.2, -0.15) is 4.31 Å². The molecule has 2 aliphatic rings. The average molecular weight is 402 g/mol. The Hall–Kier alpha value is -1.15. The van der Waals surface area contributed by atoms with Crippen LogP contribution in [0.4, 0.5) is 0 Å². The van der Waals surface area contributed by atoms with E-state index >= 15 is 0 Å². The molecule has 146 valence electrons. The van der Waals surface area contributed by atoms with Crippen molar-refractivity contribution >= 4 is 28.3 Å². The van der Waals surface area contributed by atoms with Crippen molar-refractivity contribution in [1.29, 1.82) is 0 Å². The van der Waals surface area contributed by atoms with Crippen LogP contribution in [0.25, 0.3) is 0 Å². The van der Waals surface area contributed by atoms with Crippen LogP contribution in [0.2, 0.25) is 0 Å². The summed E-state index contributed by atoms with van der Waals surface area (Å²) in [5.74, 6) is 0.392. The zero-order chi connectivity index (χ0) is 17.9. The van der Waals surface area contributed by atoms with Gasteiger partial charge in [-0.05, 0) is 57.0 Å². The first-order valence-corrected chi connectivity index (χ1v) is 10.5. The van der Waals surface area contributed by atoms with Gasteiger partial charge in [0.1, 0.15) is 0 Å². The molecule has 1 unspecified atom stereocenters. The number of piperidine rings is 1. The molecule has 1 amide bonds. The van der Waals surface area contributed by atoms with Gasteiger partial charge >= 0.3 is 0 Å². The average Bonchev–Trinajstić information content (AvgIpc) is 3.11. The topological polar surface area (TPSA) is 69.7 Å². The first-order chi connectivity index (χ1) is 12.0. The lowest BCUT2D eigenvalue weighted by molar-refractivity contribution is 0.0787. The van der Waals surface area contributed by atoms with E-state index < -0.39 is 10.0 Å². The zero-order valence-electron chi connectivity index (χ0n) is 15.2. The number of halogens is 1. The van der Waals surface area contributed by atoms with E-state index in [9.17, 15) is 13.2 Å². The lowest BCUT2D eigenvalue weighted by Gasteiger charge is -2.26. The molecule has 2 heterocycles. The molecule has 0 bridgehead atoms. The number of carbonyl (C=O) groups is 1. The van der Waals surface area contributed by atoms with Crippen molar-refractivity contribution in [1.82, 2.24) is 14.5 Å². The van der Waals surface area contributed by atoms with Crippen molar-refractivity contribution in [3.8, 4) is 0 Å². The second-order valence-electron chi connectivity index (χ2n) is 6.96. The summed E-state index contributed by atoms with van der Waals surface area (Å²) >= 11 is 0. The Morgan fingerprint density at radius 1 is 1.19 bits per heavy atom. The predicted molar refractivity (Wildman–Crippen MR) is 104 cm³/mol. The molecule has 6 nitrogen and oxygen atoms in total. The molecule has 8 heteroatoms. The van der Waals surface area contributed by atoms with Gasteiger partial charge in [0.2, 0.25) is 10.0 Å². The van der Waals surface area contributed by atoms with E-state index in [0.717, 1.165) is 45.3 Å². The largest absolute Gasteiger partial charge is 0.338 e. The summed E-state index contributed by atoms with van der Waals surface area (Å²) in [5, 5.41) is 3.15. The second kappa shape index (κ2) is 9.17. The standard InChI is InChI=1S/C18H27N3O3S.ClH/c1-19-13-15-8-11-20(14-15)18(22)16-6-5-7-17(12-16)25(23,24)21-9-3-2-4-10-21;/h5-7,12,15,19H,2-4,8-11,13-14H2,1H3;1H. The minimum Gasteiger partial charge on any atom is -0.338 e. The number of hydrogen-bond acceptors (Lipinski definition) is 4. The second-order valence-corrected chi connectivity index (χ2v) is 8.89. The molecule has 2 fully saturated rings. The van der Waals surface area contributed by atoms with E-state index in [1.807, 2.05) is 11.9 Å².